The Hall–Kier alpha value is -5.95. The normalized spacial score (nSPS) is 29.4. The molecule has 0 spiro atoms. The number of Topliss-reactive ketones (excluding diaryl/α,β-unsaturated/α-hetero) is 1. The van der Waals surface area contributed by atoms with Crippen molar-refractivity contribution < 1.29 is 121 Å². The zero-order valence-corrected chi connectivity index (χ0v) is 68.6. The van der Waals surface area contributed by atoms with E-state index in [1.165, 1.54) is 76.0 Å². The lowest BCUT2D eigenvalue weighted by Crippen LogP contribution is -2.65. The maximum absolute atomic E-state index is 14.6. The largest absolute Gasteiger partial charge is 0.494 e. The van der Waals surface area contributed by atoms with Gasteiger partial charge in [0.1, 0.15) is 48.7 Å². The molecule has 2 aromatic rings. The summed E-state index contributed by atoms with van der Waals surface area (Å²) >= 11 is 2.78. The van der Waals surface area contributed by atoms with Crippen molar-refractivity contribution in [1.29, 1.82) is 0 Å². The number of hydrogen-bond acceptors (Lipinski definition) is 30. The van der Waals surface area contributed by atoms with Gasteiger partial charge in [-0.1, -0.05) is 57.2 Å². The van der Waals surface area contributed by atoms with Crippen molar-refractivity contribution >= 4 is 96.7 Å². The van der Waals surface area contributed by atoms with Crippen LogP contribution in [0.15, 0.2) is 64.4 Å². The van der Waals surface area contributed by atoms with Crippen LogP contribution in [0.25, 0.3) is 0 Å². The first-order valence-electron chi connectivity index (χ1n) is 35.4. The van der Waals surface area contributed by atoms with E-state index in [0.717, 1.165) is 30.7 Å². The Morgan fingerprint density at radius 2 is 1.59 bits per heavy atom. The van der Waals surface area contributed by atoms with Crippen LogP contribution in [0.3, 0.4) is 0 Å². The van der Waals surface area contributed by atoms with Crippen molar-refractivity contribution in [2.75, 3.05) is 61.1 Å². The minimum Gasteiger partial charge on any atom is -0.494 e. The monoisotopic (exact) mass is 1700 g/mol. The smallest absolute Gasteiger partial charge is 0.411 e. The van der Waals surface area contributed by atoms with Gasteiger partial charge >= 0.3 is 6.09 Å². The number of allylic oxidation sites excluding steroid dienone is 3. The molecule has 0 bridgehead atoms. The number of ketones is 1. The molecule has 2 aromatic carbocycles. The quantitative estimate of drug-likeness (QED) is 0.00760. The average Bonchev–Trinajstić information content (AvgIpc) is 0.762. The summed E-state index contributed by atoms with van der Waals surface area (Å²) in [6.07, 6.45) is -13.8. The Morgan fingerprint density at radius 3 is 2.22 bits per heavy atom. The van der Waals surface area contributed by atoms with E-state index in [2.05, 4.69) is 45.0 Å². The molecule has 602 valence electrons. The number of carbonyl (C=O) groups is 6. The van der Waals surface area contributed by atoms with Gasteiger partial charge in [-0.15, -0.1) is 5.92 Å². The number of rotatable bonds is 32. The number of benzene rings is 2. The summed E-state index contributed by atoms with van der Waals surface area (Å²) in [5, 5.41) is 64.4. The summed E-state index contributed by atoms with van der Waals surface area (Å²) in [5.74, 6) is 11.1. The molecular formula is C75H102IN5O25S3. The van der Waals surface area contributed by atoms with Crippen LogP contribution in [0.1, 0.15) is 129 Å². The third-order valence-electron chi connectivity index (χ3n) is 18.6. The lowest BCUT2D eigenvalue weighted by molar-refractivity contribution is -0.337. The van der Waals surface area contributed by atoms with E-state index in [1.807, 2.05) is 55.5 Å². The van der Waals surface area contributed by atoms with Crippen LogP contribution in [0.4, 0.5) is 4.79 Å². The number of carbonyl (C=O) groups excluding carboxylic acids is 6. The second-order valence-electron chi connectivity index (χ2n) is 27.0. The number of nitrogens with one attached hydrogen (secondary N) is 3. The highest BCUT2D eigenvalue weighted by Gasteiger charge is 2.52. The molecule has 0 aromatic heterocycles. The molecule has 1 aliphatic carbocycles. The summed E-state index contributed by atoms with van der Waals surface area (Å²) < 4.78 is 78.4. The zero-order chi connectivity index (χ0) is 80.2. The molecule has 17 unspecified atom stereocenters. The maximum Gasteiger partial charge on any atom is 0.411 e. The molecule has 7 rings (SSSR count). The Kier molecular flexibility index (Phi) is 35.0. The Bertz CT molecular complexity index is 3740. The fourth-order valence-electron chi connectivity index (χ4n) is 12.9. The Balaban J connectivity index is 1.14. The molecule has 19 atom stereocenters. The molecule has 0 saturated carbocycles. The first-order valence-corrected chi connectivity index (χ1v) is 39.7. The predicted octanol–water partition coefficient (Wildman–Crippen LogP) is 6.27. The van der Waals surface area contributed by atoms with E-state index in [0.29, 0.717) is 46.6 Å². The number of amides is 3. The molecule has 109 heavy (non-hydrogen) atoms. The number of hydrazone groups is 1. The summed E-state index contributed by atoms with van der Waals surface area (Å²) in [6.45, 7) is 19.0. The van der Waals surface area contributed by atoms with E-state index in [4.69, 9.17) is 66.4 Å². The van der Waals surface area contributed by atoms with Crippen LogP contribution in [-0.2, 0) is 66.6 Å². The minimum atomic E-state index is -1.94. The van der Waals surface area contributed by atoms with E-state index in [1.54, 1.807) is 64.7 Å². The molecule has 4 heterocycles. The fourth-order valence-corrected chi connectivity index (χ4v) is 17.1. The molecule has 4 aliphatic heterocycles. The summed E-state index contributed by atoms with van der Waals surface area (Å²) in [6, 6.07) is 5.45. The van der Waals surface area contributed by atoms with Crippen molar-refractivity contribution in [1.82, 2.24) is 21.1 Å². The van der Waals surface area contributed by atoms with Gasteiger partial charge in [-0.2, -0.15) is 10.6 Å². The van der Waals surface area contributed by atoms with Crippen LogP contribution in [0.5, 0.6) is 23.0 Å². The number of hydrogen-bond donors (Lipinski definition) is 8. The second kappa shape index (κ2) is 42.2. The number of likely N-dealkylation sites (N-methyl/N-ethyl adjacent to an activating group) is 1. The zero-order valence-electron chi connectivity index (χ0n) is 64.0. The first kappa shape index (κ1) is 90.2. The van der Waals surface area contributed by atoms with Gasteiger partial charge < -0.3 is 96.8 Å². The third kappa shape index (κ3) is 23.6. The van der Waals surface area contributed by atoms with Crippen LogP contribution in [-0.4, -0.2) is 252 Å². The highest BCUT2D eigenvalue weighted by molar-refractivity contribution is 14.1. The number of unbranched alkanes of at least 4 members (excludes halogenated alkanes) is 1. The summed E-state index contributed by atoms with van der Waals surface area (Å²) in [7, 11) is 9.33. The van der Waals surface area contributed by atoms with Gasteiger partial charge in [0.2, 0.25) is 29.0 Å². The maximum atomic E-state index is 14.6. The van der Waals surface area contributed by atoms with Crippen LogP contribution >= 0.6 is 55.9 Å². The molecule has 4 saturated heterocycles. The van der Waals surface area contributed by atoms with Gasteiger partial charge in [-0.25, -0.2) is 10.2 Å². The number of halogens is 1. The number of ether oxygens (including phenoxy) is 13. The standard InChI is InChI=1S/C75H102IN5O25S3/c1-17-19-20-21-22-25-51(57-47(75(11,92)36-50(85)60(57)77-73(91)97-16)30-33-107-109-74(9,10)37-53(86)79-78-40(4)45-26-28-46(29-27-45)98-32-24-23-31-82)103-72-67(104-54-35-52(93-12)48(38-99-54)81(18-2)44(8)83)62(88)59(41(5)101-72)80-106-55-34-49(84)69(43(7)100-55)108-70(90)56-39(3)58(76)65(68(96-15)64(56)94-13)105-71-63(89)66(95-14)61(87)42(6)102-71/h20-21,26-31,41-43,48-49,51-52,54-55,59,61-63,66-67,69,71-72,80,84,87-89,92H,18,23-24,32-38H2,1-16H3,(H,77,91)(H,79,86)/b21-20-,47-30+,78-40+/t41?,42?,43?,48?,49?,51-,52?,54?,55?,59?,61?,62?,63?,66?,67?,69?,71?,72?,75-/m0/s1. The van der Waals surface area contributed by atoms with Crippen molar-refractivity contribution in [3.05, 3.63) is 79.6 Å². The number of aldehydes is 1. The van der Waals surface area contributed by atoms with Crippen LogP contribution in [0.2, 0.25) is 0 Å². The molecule has 5 aliphatic rings. The van der Waals surface area contributed by atoms with Gasteiger partial charge in [0.05, 0.1) is 109 Å². The molecule has 3 amide bonds. The number of aliphatic hydroxyl groups excluding tert-OH is 4. The van der Waals surface area contributed by atoms with Crippen molar-refractivity contribution in [3.8, 4) is 46.7 Å². The number of aliphatic hydroxyl groups is 5. The second-order valence-corrected chi connectivity index (χ2v) is 32.3. The van der Waals surface area contributed by atoms with Crippen molar-refractivity contribution in [2.24, 2.45) is 5.10 Å². The van der Waals surface area contributed by atoms with E-state index in [9.17, 15) is 54.3 Å². The SMILES string of the molecule is CC#C/C=C\C#C[C@H](OC1OC(C)C(NOC2CC(O)C(SC(=O)c3c(C)c(I)c(OC4OC(C)C(O)C(OC)C4O)c(OC)c3OC)C(C)O2)C(O)C1OC1CC(OC)C(N(CC)C(C)=O)CO1)C1=C(NC(=O)OC)C(=O)C[C@](C)(O)/C1=C/CSSC(C)(C)CC(=O)N/N=C(\C)c1ccc(OCCCC=O)cc1. The van der Waals surface area contributed by atoms with E-state index in [-0.39, 0.29) is 83.1 Å². The van der Waals surface area contributed by atoms with Crippen molar-refractivity contribution in [2.45, 2.75) is 235 Å². The highest BCUT2D eigenvalue weighted by atomic mass is 127. The van der Waals surface area contributed by atoms with E-state index >= 15 is 0 Å². The first-order chi connectivity index (χ1) is 51.8. The predicted molar refractivity (Wildman–Crippen MR) is 413 cm³/mol. The molecule has 8 N–H and O–H groups in total. The molecule has 4 fully saturated rings. The van der Waals surface area contributed by atoms with Gasteiger partial charge in [0.25, 0.3) is 0 Å². The molecule has 0 radical (unpaired) electrons. The van der Waals surface area contributed by atoms with Gasteiger partial charge in [-0.05, 0) is 151 Å². The summed E-state index contributed by atoms with van der Waals surface area (Å²) in [4.78, 5) is 87.2. The number of nitrogens with zero attached hydrogens (tertiary/aromatic N) is 2. The van der Waals surface area contributed by atoms with E-state index < -0.39 is 143 Å². The highest BCUT2D eigenvalue weighted by Crippen LogP contribution is 2.49. The number of hydroxylamine groups is 1. The number of thioether (sulfide) groups is 1. The van der Waals surface area contributed by atoms with Crippen molar-refractivity contribution in [3.63, 3.8) is 0 Å². The Morgan fingerprint density at radius 1 is 0.890 bits per heavy atom. The van der Waals surface area contributed by atoms with Gasteiger partial charge in [-0.3, -0.25) is 29.3 Å². The average molecular weight is 1700 g/mol. The topological polar surface area (TPSA) is 384 Å². The van der Waals surface area contributed by atoms with Gasteiger partial charge in [0.15, 0.2) is 36.2 Å². The van der Waals surface area contributed by atoms with Crippen LogP contribution in [0, 0.1) is 34.2 Å². The van der Waals surface area contributed by atoms with Crippen LogP contribution < -0.4 is 35.2 Å². The lowest BCUT2D eigenvalue weighted by atomic mass is 9.76. The Labute approximate surface area is 661 Å². The molecular weight excluding hydrogens is 1590 g/mol. The molecule has 34 heteroatoms. The third-order valence-corrected chi connectivity index (χ3v) is 24.4. The number of alkyl carbamates (subject to hydrolysis) is 1. The molecule has 30 nitrogen and oxygen atoms in total. The summed E-state index contributed by atoms with van der Waals surface area (Å²) in [5.41, 5.74) is 5.08. The minimum absolute atomic E-state index is 0.00312. The number of methoxy groups -OCH3 is 5. The fraction of sp³-hybridized carbons (Fsp3) is 0.613. The lowest BCUT2D eigenvalue weighted by Gasteiger charge is -2.47. The van der Waals surface area contributed by atoms with Gasteiger partial charge in [0, 0.05) is 75.9 Å².